The fourth-order valence-electron chi connectivity index (χ4n) is 3.33. The van der Waals surface area contributed by atoms with Gasteiger partial charge >= 0.3 is 0 Å². The average Bonchev–Trinajstić information content (AvgIpc) is 2.35. The third kappa shape index (κ3) is 6.50. The van der Waals surface area contributed by atoms with Crippen LogP contribution < -0.4 is 5.32 Å². The van der Waals surface area contributed by atoms with Crippen LogP contribution in [0.4, 0.5) is 0 Å². The molecule has 0 spiro atoms. The highest BCUT2D eigenvalue weighted by atomic mass is 16.2. The summed E-state index contributed by atoms with van der Waals surface area (Å²) in [6.45, 7) is 16.2. The third-order valence-electron chi connectivity index (χ3n) is 4.13. The molecule has 1 fully saturated rings. The van der Waals surface area contributed by atoms with Gasteiger partial charge in [0.2, 0.25) is 11.8 Å². The maximum atomic E-state index is 12.6. The molecule has 1 unspecified atom stereocenters. The lowest BCUT2D eigenvalue weighted by molar-refractivity contribution is -0.138. The Bertz CT molecular complexity index is 405. The summed E-state index contributed by atoms with van der Waals surface area (Å²) in [6, 6.07) is 0.402. The summed E-state index contributed by atoms with van der Waals surface area (Å²) < 4.78 is 0. The summed E-state index contributed by atoms with van der Waals surface area (Å²) in [6.07, 6.45) is 1.88. The first-order valence-corrected chi connectivity index (χ1v) is 8.87. The minimum atomic E-state index is -0.207. The van der Waals surface area contributed by atoms with Crippen LogP contribution in [-0.2, 0) is 9.59 Å². The van der Waals surface area contributed by atoms with Crippen molar-refractivity contribution >= 4 is 11.8 Å². The van der Waals surface area contributed by atoms with Crippen molar-refractivity contribution in [1.82, 2.24) is 15.1 Å². The topological polar surface area (TPSA) is 52.7 Å². The van der Waals surface area contributed by atoms with Gasteiger partial charge < -0.3 is 10.2 Å². The molecule has 1 aliphatic rings. The molecule has 0 aromatic heterocycles. The van der Waals surface area contributed by atoms with E-state index in [0.29, 0.717) is 13.1 Å². The number of carbonyl (C=O) groups is 2. The lowest BCUT2D eigenvalue weighted by Gasteiger charge is -2.36. The van der Waals surface area contributed by atoms with Gasteiger partial charge in [0.05, 0.1) is 12.5 Å². The second-order valence-electron chi connectivity index (χ2n) is 8.30. The van der Waals surface area contributed by atoms with Crippen molar-refractivity contribution in [2.75, 3.05) is 19.6 Å². The van der Waals surface area contributed by atoms with E-state index in [1.165, 1.54) is 0 Å². The van der Waals surface area contributed by atoms with Gasteiger partial charge in [-0.2, -0.15) is 0 Å². The van der Waals surface area contributed by atoms with E-state index in [1.807, 2.05) is 53.4 Å². The predicted octanol–water partition coefficient (Wildman–Crippen LogP) is 2.26. The van der Waals surface area contributed by atoms with Crippen LogP contribution in [0.25, 0.3) is 0 Å². The Balaban J connectivity index is 2.61. The molecule has 0 saturated carbocycles. The van der Waals surface area contributed by atoms with Crippen molar-refractivity contribution in [2.45, 2.75) is 78.9 Å². The fraction of sp³-hybridized carbons (Fsp3) is 0.889. The van der Waals surface area contributed by atoms with Gasteiger partial charge in [0.25, 0.3) is 0 Å². The van der Waals surface area contributed by atoms with Gasteiger partial charge in [-0.3, -0.25) is 14.5 Å². The van der Waals surface area contributed by atoms with Crippen LogP contribution in [0.2, 0.25) is 0 Å². The largest absolute Gasteiger partial charge is 0.351 e. The first-order chi connectivity index (χ1) is 10.5. The van der Waals surface area contributed by atoms with Crippen molar-refractivity contribution in [1.29, 1.82) is 0 Å². The van der Waals surface area contributed by atoms with Crippen LogP contribution >= 0.6 is 0 Å². The molecule has 23 heavy (non-hydrogen) atoms. The van der Waals surface area contributed by atoms with Gasteiger partial charge in [-0.25, -0.2) is 0 Å². The summed E-state index contributed by atoms with van der Waals surface area (Å²) in [7, 11) is 0. The number of nitrogens with zero attached hydrogens (tertiary/aromatic N) is 2. The Morgan fingerprint density at radius 1 is 1.17 bits per heavy atom. The molecular weight excluding hydrogens is 290 g/mol. The molecular formula is C18H35N3O2. The van der Waals surface area contributed by atoms with Gasteiger partial charge in [0.1, 0.15) is 0 Å². The number of likely N-dealkylation sites (tertiary alicyclic amines) is 1. The van der Waals surface area contributed by atoms with Crippen LogP contribution in [0.3, 0.4) is 0 Å². The highest BCUT2D eigenvalue weighted by molar-refractivity contribution is 5.80. The predicted molar refractivity (Wildman–Crippen MR) is 94.2 cm³/mol. The van der Waals surface area contributed by atoms with Crippen LogP contribution in [0, 0.1) is 5.92 Å². The molecule has 5 heteroatoms. The molecule has 5 nitrogen and oxygen atoms in total. The second kappa shape index (κ2) is 8.13. The molecule has 0 radical (unpaired) electrons. The lowest BCUT2D eigenvalue weighted by Crippen LogP contribution is -2.52. The Morgan fingerprint density at radius 3 is 2.22 bits per heavy atom. The first-order valence-electron chi connectivity index (χ1n) is 8.87. The van der Waals surface area contributed by atoms with E-state index in [0.717, 1.165) is 19.4 Å². The zero-order chi connectivity index (χ0) is 17.8. The first kappa shape index (κ1) is 19.9. The van der Waals surface area contributed by atoms with E-state index in [9.17, 15) is 9.59 Å². The molecule has 1 atom stereocenters. The Hall–Kier alpha value is -1.10. The van der Waals surface area contributed by atoms with Crippen LogP contribution in [-0.4, -0.2) is 58.9 Å². The SMILES string of the molecule is CC(C)N(C(=O)CN1CCCC(C(=O)NC(C)(C)C)C1)C(C)C. The van der Waals surface area contributed by atoms with Gasteiger partial charge in [0, 0.05) is 24.2 Å². The molecule has 1 heterocycles. The number of amides is 2. The second-order valence-corrected chi connectivity index (χ2v) is 8.30. The van der Waals surface area contributed by atoms with Gasteiger partial charge in [0.15, 0.2) is 0 Å². The minimum Gasteiger partial charge on any atom is -0.351 e. The molecule has 1 rings (SSSR count). The Kier molecular flexibility index (Phi) is 7.05. The Labute approximate surface area is 141 Å². The van der Waals surface area contributed by atoms with E-state index in [2.05, 4.69) is 10.2 Å². The molecule has 0 aliphatic carbocycles. The van der Waals surface area contributed by atoms with Crippen molar-refractivity contribution in [3.8, 4) is 0 Å². The minimum absolute atomic E-state index is 0.0117. The molecule has 0 aromatic rings. The summed E-state index contributed by atoms with van der Waals surface area (Å²) in [5.74, 6) is 0.258. The standard InChI is InChI=1S/C18H35N3O2/c1-13(2)21(14(3)4)16(22)12-20-10-8-9-15(11-20)17(23)19-18(5,6)7/h13-15H,8-12H2,1-7H3,(H,19,23). The van der Waals surface area contributed by atoms with Gasteiger partial charge in [-0.15, -0.1) is 0 Å². The molecule has 0 aromatic carbocycles. The number of hydrogen-bond donors (Lipinski definition) is 1. The number of nitrogens with one attached hydrogen (secondary N) is 1. The van der Waals surface area contributed by atoms with E-state index < -0.39 is 0 Å². The normalized spacial score (nSPS) is 20.0. The lowest BCUT2D eigenvalue weighted by atomic mass is 9.95. The summed E-state index contributed by atoms with van der Waals surface area (Å²) in [5.41, 5.74) is -0.207. The zero-order valence-corrected chi connectivity index (χ0v) is 16.0. The maximum Gasteiger partial charge on any atom is 0.237 e. The van der Waals surface area contributed by atoms with Gasteiger partial charge in [-0.05, 0) is 67.9 Å². The van der Waals surface area contributed by atoms with Crippen LogP contribution in [0.5, 0.6) is 0 Å². The molecule has 2 amide bonds. The smallest absolute Gasteiger partial charge is 0.237 e. The highest BCUT2D eigenvalue weighted by Gasteiger charge is 2.30. The number of carbonyl (C=O) groups excluding carboxylic acids is 2. The Morgan fingerprint density at radius 2 is 1.74 bits per heavy atom. The van der Waals surface area contributed by atoms with E-state index in [-0.39, 0.29) is 35.4 Å². The number of hydrogen-bond acceptors (Lipinski definition) is 3. The van der Waals surface area contributed by atoms with Gasteiger partial charge in [-0.1, -0.05) is 0 Å². The molecule has 134 valence electrons. The fourth-order valence-corrected chi connectivity index (χ4v) is 3.33. The summed E-state index contributed by atoms with van der Waals surface area (Å²) >= 11 is 0. The van der Waals surface area contributed by atoms with Crippen LogP contribution in [0.1, 0.15) is 61.3 Å². The molecule has 1 N–H and O–H groups in total. The monoisotopic (exact) mass is 325 g/mol. The van der Waals surface area contributed by atoms with Crippen molar-refractivity contribution in [3.63, 3.8) is 0 Å². The number of rotatable bonds is 5. The van der Waals surface area contributed by atoms with E-state index in [1.54, 1.807) is 0 Å². The maximum absolute atomic E-state index is 12.6. The van der Waals surface area contributed by atoms with Crippen molar-refractivity contribution < 1.29 is 9.59 Å². The summed E-state index contributed by atoms with van der Waals surface area (Å²) in [4.78, 5) is 29.0. The zero-order valence-electron chi connectivity index (χ0n) is 16.0. The molecule has 1 aliphatic heterocycles. The van der Waals surface area contributed by atoms with E-state index >= 15 is 0 Å². The highest BCUT2D eigenvalue weighted by Crippen LogP contribution is 2.18. The number of piperidine rings is 1. The average molecular weight is 325 g/mol. The third-order valence-corrected chi connectivity index (χ3v) is 4.13. The van der Waals surface area contributed by atoms with Crippen molar-refractivity contribution in [2.24, 2.45) is 5.92 Å². The summed E-state index contributed by atoms with van der Waals surface area (Å²) in [5, 5.41) is 3.06. The van der Waals surface area contributed by atoms with E-state index in [4.69, 9.17) is 0 Å². The molecule has 1 saturated heterocycles. The van der Waals surface area contributed by atoms with Crippen LogP contribution in [0.15, 0.2) is 0 Å². The van der Waals surface area contributed by atoms with Crippen molar-refractivity contribution in [3.05, 3.63) is 0 Å². The quantitative estimate of drug-likeness (QED) is 0.843. The molecule has 0 bridgehead atoms.